The van der Waals surface area contributed by atoms with Crippen molar-refractivity contribution in [1.82, 2.24) is 9.97 Å². The first-order chi connectivity index (χ1) is 9.11. The molecule has 1 aromatic rings. The van der Waals surface area contributed by atoms with E-state index in [4.69, 9.17) is 16.6 Å². The van der Waals surface area contributed by atoms with Crippen LogP contribution in [0.4, 0.5) is 5.82 Å². The highest BCUT2D eigenvalue weighted by atomic mass is 35.5. The van der Waals surface area contributed by atoms with Gasteiger partial charge in [-0.1, -0.05) is 13.8 Å². The van der Waals surface area contributed by atoms with E-state index in [9.17, 15) is 0 Å². The molecule has 1 aliphatic carbocycles. The molecule has 1 heterocycles. The van der Waals surface area contributed by atoms with Gasteiger partial charge in [-0.25, -0.2) is 9.97 Å². The number of aryl methyl sites for hydroxylation is 1. The fourth-order valence-electron chi connectivity index (χ4n) is 2.39. The van der Waals surface area contributed by atoms with Crippen molar-refractivity contribution in [2.75, 3.05) is 17.3 Å². The van der Waals surface area contributed by atoms with Crippen molar-refractivity contribution in [3.63, 3.8) is 0 Å². The molecule has 106 valence electrons. The van der Waals surface area contributed by atoms with E-state index in [2.05, 4.69) is 36.7 Å². The zero-order chi connectivity index (χ0) is 13.8. The molecule has 19 heavy (non-hydrogen) atoms. The molecule has 0 radical (unpaired) electrons. The summed E-state index contributed by atoms with van der Waals surface area (Å²) in [5, 5.41) is 0. The third-order valence-corrected chi connectivity index (χ3v) is 3.98. The summed E-state index contributed by atoms with van der Waals surface area (Å²) in [6.07, 6.45) is 4.91. The van der Waals surface area contributed by atoms with Gasteiger partial charge in [0.25, 0.3) is 0 Å². The highest BCUT2D eigenvalue weighted by molar-refractivity contribution is 6.17. The fraction of sp³-hybridized carbons (Fsp3) is 0.733. The van der Waals surface area contributed by atoms with E-state index in [1.165, 1.54) is 19.3 Å². The van der Waals surface area contributed by atoms with E-state index >= 15 is 0 Å². The molecule has 3 nitrogen and oxygen atoms in total. The summed E-state index contributed by atoms with van der Waals surface area (Å²) in [5.74, 6) is 3.12. The Balaban J connectivity index is 2.24. The first kappa shape index (κ1) is 14.6. The predicted octanol–water partition coefficient (Wildman–Crippen LogP) is 3.90. The van der Waals surface area contributed by atoms with Crippen LogP contribution in [0.3, 0.4) is 0 Å². The number of anilines is 1. The van der Waals surface area contributed by atoms with Gasteiger partial charge in [-0.05, 0) is 32.6 Å². The SMILES string of the molecule is Cc1cc(N(CCCCl)C2CCC2)nc(C(C)C)n1. The average Bonchev–Trinajstić information content (AvgIpc) is 2.31. The number of halogens is 1. The van der Waals surface area contributed by atoms with Crippen molar-refractivity contribution < 1.29 is 0 Å². The van der Waals surface area contributed by atoms with Gasteiger partial charge in [-0.15, -0.1) is 11.6 Å². The van der Waals surface area contributed by atoms with Crippen molar-refractivity contribution in [3.8, 4) is 0 Å². The maximum atomic E-state index is 5.85. The normalized spacial score (nSPS) is 15.6. The molecule has 0 spiro atoms. The van der Waals surface area contributed by atoms with Crippen LogP contribution in [0, 0.1) is 6.92 Å². The van der Waals surface area contributed by atoms with E-state index in [0.717, 1.165) is 30.3 Å². The minimum atomic E-state index is 0.370. The van der Waals surface area contributed by atoms with Gasteiger partial charge in [0, 0.05) is 36.1 Å². The lowest BCUT2D eigenvalue weighted by Crippen LogP contribution is -2.41. The van der Waals surface area contributed by atoms with Gasteiger partial charge in [0.1, 0.15) is 11.6 Å². The van der Waals surface area contributed by atoms with Gasteiger partial charge in [0.05, 0.1) is 0 Å². The number of nitrogens with zero attached hydrogens (tertiary/aromatic N) is 3. The molecule has 0 atom stereocenters. The maximum absolute atomic E-state index is 5.85. The lowest BCUT2D eigenvalue weighted by atomic mass is 9.91. The highest BCUT2D eigenvalue weighted by Gasteiger charge is 2.26. The number of hydrogen-bond acceptors (Lipinski definition) is 3. The molecular weight excluding hydrogens is 258 g/mol. The monoisotopic (exact) mass is 281 g/mol. The molecule has 1 fully saturated rings. The molecule has 0 N–H and O–H groups in total. The first-order valence-corrected chi connectivity index (χ1v) is 7.83. The molecule has 0 aromatic carbocycles. The molecule has 4 heteroatoms. The van der Waals surface area contributed by atoms with Gasteiger partial charge >= 0.3 is 0 Å². The summed E-state index contributed by atoms with van der Waals surface area (Å²) in [5.41, 5.74) is 1.06. The Bertz CT molecular complexity index is 416. The van der Waals surface area contributed by atoms with Crippen LogP contribution in [-0.2, 0) is 0 Å². The Kier molecular flexibility index (Phi) is 5.03. The fourth-order valence-corrected chi connectivity index (χ4v) is 2.51. The topological polar surface area (TPSA) is 29.0 Å². The Labute approximate surface area is 121 Å². The van der Waals surface area contributed by atoms with E-state index < -0.39 is 0 Å². The number of hydrogen-bond donors (Lipinski definition) is 0. The van der Waals surface area contributed by atoms with Crippen LogP contribution in [0.2, 0.25) is 0 Å². The summed E-state index contributed by atoms with van der Waals surface area (Å²) in [6.45, 7) is 7.34. The molecule has 1 saturated carbocycles. The van der Waals surface area contributed by atoms with Crippen LogP contribution >= 0.6 is 11.6 Å². The zero-order valence-corrected chi connectivity index (χ0v) is 13.0. The van der Waals surface area contributed by atoms with Gasteiger partial charge in [0.15, 0.2) is 0 Å². The molecule has 0 saturated heterocycles. The van der Waals surface area contributed by atoms with Crippen molar-refractivity contribution >= 4 is 17.4 Å². The van der Waals surface area contributed by atoms with Gasteiger partial charge in [-0.3, -0.25) is 0 Å². The molecule has 1 aromatic heterocycles. The summed E-state index contributed by atoms with van der Waals surface area (Å²) in [7, 11) is 0. The minimum absolute atomic E-state index is 0.370. The van der Waals surface area contributed by atoms with Crippen LogP contribution in [-0.4, -0.2) is 28.4 Å². The highest BCUT2D eigenvalue weighted by Crippen LogP contribution is 2.29. The summed E-state index contributed by atoms with van der Waals surface area (Å²) in [6, 6.07) is 2.76. The van der Waals surface area contributed by atoms with E-state index in [-0.39, 0.29) is 0 Å². The largest absolute Gasteiger partial charge is 0.353 e. The second-order valence-corrected chi connectivity index (χ2v) is 6.08. The van der Waals surface area contributed by atoms with Crippen molar-refractivity contribution in [2.45, 2.75) is 58.4 Å². The Morgan fingerprint density at radius 1 is 1.37 bits per heavy atom. The van der Waals surface area contributed by atoms with Crippen molar-refractivity contribution in [2.24, 2.45) is 0 Å². The van der Waals surface area contributed by atoms with Crippen LogP contribution in [0.15, 0.2) is 6.07 Å². The van der Waals surface area contributed by atoms with Crippen LogP contribution in [0.5, 0.6) is 0 Å². The predicted molar refractivity (Wildman–Crippen MR) is 81.2 cm³/mol. The Morgan fingerprint density at radius 3 is 2.63 bits per heavy atom. The quantitative estimate of drug-likeness (QED) is 0.741. The molecule has 0 unspecified atom stereocenters. The lowest BCUT2D eigenvalue weighted by Gasteiger charge is -2.38. The van der Waals surface area contributed by atoms with Crippen LogP contribution in [0.1, 0.15) is 57.0 Å². The maximum Gasteiger partial charge on any atom is 0.133 e. The lowest BCUT2D eigenvalue weighted by molar-refractivity contribution is 0.383. The Morgan fingerprint density at radius 2 is 2.11 bits per heavy atom. The number of rotatable bonds is 6. The molecule has 0 bridgehead atoms. The molecule has 2 rings (SSSR count). The summed E-state index contributed by atoms with van der Waals surface area (Å²) in [4.78, 5) is 11.7. The van der Waals surface area contributed by atoms with Crippen LogP contribution < -0.4 is 4.90 Å². The van der Waals surface area contributed by atoms with Gasteiger partial charge in [-0.2, -0.15) is 0 Å². The Hall–Kier alpha value is -0.830. The van der Waals surface area contributed by atoms with E-state index in [1.807, 2.05) is 0 Å². The third-order valence-electron chi connectivity index (χ3n) is 3.72. The second-order valence-electron chi connectivity index (χ2n) is 5.70. The molecule has 1 aliphatic rings. The van der Waals surface area contributed by atoms with E-state index in [0.29, 0.717) is 17.8 Å². The summed E-state index contributed by atoms with van der Waals surface area (Å²) >= 11 is 5.85. The number of alkyl halides is 1. The van der Waals surface area contributed by atoms with Crippen molar-refractivity contribution in [3.05, 3.63) is 17.6 Å². The first-order valence-electron chi connectivity index (χ1n) is 7.30. The van der Waals surface area contributed by atoms with Gasteiger partial charge in [0.2, 0.25) is 0 Å². The smallest absolute Gasteiger partial charge is 0.133 e. The van der Waals surface area contributed by atoms with E-state index in [1.54, 1.807) is 0 Å². The average molecular weight is 282 g/mol. The minimum Gasteiger partial charge on any atom is -0.353 e. The third kappa shape index (κ3) is 3.59. The van der Waals surface area contributed by atoms with Crippen molar-refractivity contribution in [1.29, 1.82) is 0 Å². The molecule has 0 aliphatic heterocycles. The zero-order valence-electron chi connectivity index (χ0n) is 12.2. The molecular formula is C15H24ClN3. The summed E-state index contributed by atoms with van der Waals surface area (Å²) < 4.78 is 0. The standard InChI is InChI=1S/C15H24ClN3/c1-11(2)15-17-12(3)10-14(18-15)19(9-5-8-16)13-6-4-7-13/h10-11,13H,4-9H2,1-3H3. The van der Waals surface area contributed by atoms with Gasteiger partial charge < -0.3 is 4.90 Å². The molecule has 0 amide bonds. The second kappa shape index (κ2) is 6.56. The van der Waals surface area contributed by atoms with Crippen LogP contribution in [0.25, 0.3) is 0 Å². The number of aromatic nitrogens is 2.